The van der Waals surface area contributed by atoms with Crippen molar-refractivity contribution in [2.75, 3.05) is 13.2 Å². The van der Waals surface area contributed by atoms with Gasteiger partial charge in [-0.15, -0.1) is 0 Å². The van der Waals surface area contributed by atoms with Crippen LogP contribution in [0.1, 0.15) is 71.1 Å². The van der Waals surface area contributed by atoms with E-state index in [1.54, 1.807) is 6.08 Å². The number of hydrogen-bond donors (Lipinski definition) is 6. The monoisotopic (exact) mass is 459 g/mol. The number of aliphatic hydroxyl groups excluding tert-OH is 5. The summed E-state index contributed by atoms with van der Waals surface area (Å²) in [5.74, 6) is 0. The van der Waals surface area contributed by atoms with Crippen LogP contribution in [-0.2, 0) is 9.47 Å². The molecule has 0 bridgehead atoms. The molecule has 7 N–H and O–H groups in total. The van der Waals surface area contributed by atoms with Crippen molar-refractivity contribution in [3.63, 3.8) is 0 Å². The lowest BCUT2D eigenvalue weighted by Gasteiger charge is -2.39. The summed E-state index contributed by atoms with van der Waals surface area (Å²) in [7, 11) is 0. The van der Waals surface area contributed by atoms with Gasteiger partial charge in [0.15, 0.2) is 6.29 Å². The molecule has 0 radical (unpaired) electrons. The summed E-state index contributed by atoms with van der Waals surface area (Å²) in [6.07, 6.45) is 12.2. The van der Waals surface area contributed by atoms with E-state index < -0.39 is 49.5 Å². The van der Waals surface area contributed by atoms with Crippen LogP contribution in [0.2, 0.25) is 0 Å². The second kappa shape index (κ2) is 17.6. The number of aliphatic hydroxyl groups is 5. The minimum atomic E-state index is -1.51. The first-order chi connectivity index (χ1) is 15.4. The first kappa shape index (κ1) is 29.2. The van der Waals surface area contributed by atoms with Crippen LogP contribution in [0, 0.1) is 0 Å². The van der Waals surface area contributed by atoms with E-state index in [1.165, 1.54) is 44.9 Å². The summed E-state index contributed by atoms with van der Waals surface area (Å²) in [6.45, 7) is 1.57. The Labute approximate surface area is 192 Å². The molecule has 1 aliphatic heterocycles. The van der Waals surface area contributed by atoms with E-state index in [0.29, 0.717) is 0 Å². The minimum Gasteiger partial charge on any atom is -0.394 e. The van der Waals surface area contributed by atoms with E-state index in [9.17, 15) is 25.5 Å². The molecule has 0 saturated carbocycles. The molecular weight excluding hydrogens is 414 g/mol. The van der Waals surface area contributed by atoms with Gasteiger partial charge in [-0.05, 0) is 25.7 Å². The Morgan fingerprint density at radius 3 is 2.19 bits per heavy atom. The molecule has 188 valence electrons. The lowest BCUT2D eigenvalue weighted by molar-refractivity contribution is -0.302. The highest BCUT2D eigenvalue weighted by Crippen LogP contribution is 2.22. The number of hydrogen-bond acceptors (Lipinski definition) is 8. The molecule has 1 fully saturated rings. The molecular formula is C24H45NO7. The summed E-state index contributed by atoms with van der Waals surface area (Å²) < 4.78 is 10.6. The van der Waals surface area contributed by atoms with Gasteiger partial charge in [-0.3, -0.25) is 0 Å². The van der Waals surface area contributed by atoms with Gasteiger partial charge in [-0.25, -0.2) is 0 Å². The molecule has 32 heavy (non-hydrogen) atoms. The Morgan fingerprint density at radius 1 is 0.875 bits per heavy atom. The molecule has 0 amide bonds. The fraction of sp³-hybridized carbons (Fsp3) is 0.833. The van der Waals surface area contributed by atoms with E-state index in [2.05, 4.69) is 19.1 Å². The Bertz CT molecular complexity index is 515. The second-order valence-electron chi connectivity index (χ2n) is 8.57. The summed E-state index contributed by atoms with van der Waals surface area (Å²) in [5.41, 5.74) is 5.92. The number of unbranched alkanes of at least 4 members (excludes halogenated alkanes) is 8. The molecule has 0 aromatic carbocycles. The Balaban J connectivity index is 2.16. The molecule has 1 heterocycles. The summed E-state index contributed by atoms with van der Waals surface area (Å²) in [6, 6.07) is -0.758. The third-order valence-electron chi connectivity index (χ3n) is 5.71. The van der Waals surface area contributed by atoms with E-state index >= 15 is 0 Å². The van der Waals surface area contributed by atoms with Crippen molar-refractivity contribution in [3.8, 4) is 0 Å². The van der Waals surface area contributed by atoms with Crippen molar-refractivity contribution in [1.82, 2.24) is 0 Å². The molecule has 7 unspecified atom stereocenters. The molecule has 0 spiro atoms. The molecule has 0 aromatic heterocycles. The quantitative estimate of drug-likeness (QED) is 0.142. The van der Waals surface area contributed by atoms with Gasteiger partial charge in [0.25, 0.3) is 0 Å². The van der Waals surface area contributed by atoms with Crippen molar-refractivity contribution in [3.05, 3.63) is 24.3 Å². The fourth-order valence-corrected chi connectivity index (χ4v) is 3.54. The van der Waals surface area contributed by atoms with Crippen LogP contribution in [-0.4, -0.2) is 81.6 Å². The van der Waals surface area contributed by atoms with Gasteiger partial charge < -0.3 is 40.7 Å². The summed E-state index contributed by atoms with van der Waals surface area (Å²) in [4.78, 5) is 0. The minimum absolute atomic E-state index is 0.132. The van der Waals surface area contributed by atoms with Crippen molar-refractivity contribution in [2.45, 2.75) is 114 Å². The normalized spacial score (nSPS) is 28.5. The van der Waals surface area contributed by atoms with Crippen molar-refractivity contribution in [2.24, 2.45) is 5.73 Å². The number of allylic oxidation sites excluding steroid dienone is 3. The average Bonchev–Trinajstić information content (AvgIpc) is 2.79. The average molecular weight is 460 g/mol. The predicted octanol–water partition coefficient (Wildman–Crippen LogP) is 1.52. The Kier molecular flexibility index (Phi) is 16.1. The number of rotatable bonds is 17. The zero-order valence-electron chi connectivity index (χ0n) is 19.5. The van der Waals surface area contributed by atoms with Crippen LogP contribution in [0.5, 0.6) is 0 Å². The van der Waals surface area contributed by atoms with Crippen molar-refractivity contribution in [1.29, 1.82) is 0 Å². The maximum Gasteiger partial charge on any atom is 0.186 e. The molecule has 8 nitrogen and oxygen atoms in total. The van der Waals surface area contributed by atoms with E-state index in [1.807, 2.05) is 6.08 Å². The highest BCUT2D eigenvalue weighted by Gasteiger charge is 2.44. The van der Waals surface area contributed by atoms with Crippen molar-refractivity contribution < 1.29 is 35.0 Å². The zero-order valence-corrected chi connectivity index (χ0v) is 19.5. The van der Waals surface area contributed by atoms with E-state index in [0.717, 1.165) is 19.3 Å². The topological polar surface area (TPSA) is 146 Å². The highest BCUT2D eigenvalue weighted by molar-refractivity contribution is 4.96. The van der Waals surface area contributed by atoms with Crippen LogP contribution in [0.25, 0.3) is 0 Å². The number of nitrogens with two attached hydrogens (primary N) is 1. The van der Waals surface area contributed by atoms with Gasteiger partial charge >= 0.3 is 0 Å². The lowest BCUT2D eigenvalue weighted by Crippen LogP contribution is -2.59. The zero-order chi connectivity index (χ0) is 23.8. The van der Waals surface area contributed by atoms with Gasteiger partial charge in [0.1, 0.15) is 24.4 Å². The molecule has 1 saturated heterocycles. The smallest absolute Gasteiger partial charge is 0.186 e. The molecule has 1 rings (SSSR count). The summed E-state index contributed by atoms with van der Waals surface area (Å²) in [5, 5.41) is 48.8. The summed E-state index contributed by atoms with van der Waals surface area (Å²) >= 11 is 0. The first-order valence-corrected chi connectivity index (χ1v) is 12.1. The van der Waals surface area contributed by atoms with Crippen LogP contribution in [0.4, 0.5) is 0 Å². The second-order valence-corrected chi connectivity index (χ2v) is 8.57. The SMILES string of the molecule is CCCCCCCCC/C=C/CC/C=C/C(O)C(N)COC1OC(CO)C(O)C(O)C1O. The van der Waals surface area contributed by atoms with Crippen LogP contribution in [0.15, 0.2) is 24.3 Å². The third kappa shape index (κ3) is 11.3. The maximum atomic E-state index is 10.1. The van der Waals surface area contributed by atoms with Crippen molar-refractivity contribution >= 4 is 0 Å². The van der Waals surface area contributed by atoms with Gasteiger partial charge in [0.2, 0.25) is 0 Å². The van der Waals surface area contributed by atoms with Gasteiger partial charge in [-0.1, -0.05) is 69.8 Å². The van der Waals surface area contributed by atoms with Gasteiger partial charge in [-0.2, -0.15) is 0 Å². The largest absolute Gasteiger partial charge is 0.394 e. The Hall–Kier alpha value is -0.840. The molecule has 0 aliphatic carbocycles. The fourth-order valence-electron chi connectivity index (χ4n) is 3.54. The van der Waals surface area contributed by atoms with E-state index in [-0.39, 0.29) is 6.61 Å². The Morgan fingerprint density at radius 2 is 1.50 bits per heavy atom. The molecule has 1 aliphatic rings. The molecule has 7 atom stereocenters. The van der Waals surface area contributed by atoms with Crippen LogP contribution < -0.4 is 5.73 Å². The molecule has 8 heteroatoms. The van der Waals surface area contributed by atoms with E-state index in [4.69, 9.17) is 15.2 Å². The number of ether oxygens (including phenoxy) is 2. The van der Waals surface area contributed by atoms with Gasteiger partial charge in [0, 0.05) is 0 Å². The highest BCUT2D eigenvalue weighted by atomic mass is 16.7. The molecule has 0 aromatic rings. The predicted molar refractivity (Wildman–Crippen MR) is 124 cm³/mol. The van der Waals surface area contributed by atoms with Crippen LogP contribution >= 0.6 is 0 Å². The standard InChI is InChI=1S/C24H45NO7/c1-2-3-4-5-6-7-8-9-10-11-12-13-14-15-19(27)18(25)17-31-24-23(30)22(29)21(28)20(16-26)32-24/h10-11,14-15,18-24,26-30H,2-9,12-13,16-17,25H2,1H3/b11-10+,15-14+. The maximum absolute atomic E-state index is 10.1. The van der Waals surface area contributed by atoms with Crippen LogP contribution in [0.3, 0.4) is 0 Å². The first-order valence-electron chi connectivity index (χ1n) is 12.1. The lowest BCUT2D eigenvalue weighted by atomic mass is 9.99. The third-order valence-corrected chi connectivity index (χ3v) is 5.71. The van der Waals surface area contributed by atoms with Gasteiger partial charge in [0.05, 0.1) is 25.4 Å².